The van der Waals surface area contributed by atoms with Crippen molar-refractivity contribution < 1.29 is 24.2 Å². The van der Waals surface area contributed by atoms with E-state index >= 15 is 0 Å². The Balaban J connectivity index is 1.85. The highest BCUT2D eigenvalue weighted by Gasteiger charge is 2.30. The number of amides is 2. The first kappa shape index (κ1) is 19.8. The maximum absolute atomic E-state index is 12.3. The Morgan fingerprint density at radius 3 is 2.50 bits per heavy atom. The number of rotatable bonds is 7. The van der Waals surface area contributed by atoms with Gasteiger partial charge in [-0.25, -0.2) is 4.79 Å². The Morgan fingerprint density at radius 1 is 1.23 bits per heavy atom. The van der Waals surface area contributed by atoms with Crippen molar-refractivity contribution in [3.05, 3.63) is 28.8 Å². The molecule has 2 atom stereocenters. The van der Waals surface area contributed by atoms with Crippen molar-refractivity contribution in [3.8, 4) is 5.75 Å². The first-order valence-corrected chi connectivity index (χ1v) is 8.74. The van der Waals surface area contributed by atoms with Gasteiger partial charge in [0.1, 0.15) is 11.8 Å². The zero-order valence-electron chi connectivity index (χ0n) is 15.6. The molecule has 0 bridgehead atoms. The second-order valence-corrected chi connectivity index (χ2v) is 7.16. The lowest BCUT2D eigenvalue weighted by molar-refractivity contribution is -0.142. The average Bonchev–Trinajstić information content (AvgIpc) is 2.94. The monoisotopic (exact) mass is 362 g/mol. The molecule has 26 heavy (non-hydrogen) atoms. The minimum absolute atomic E-state index is 0.128. The smallest absolute Gasteiger partial charge is 0.326 e. The van der Waals surface area contributed by atoms with Crippen molar-refractivity contribution in [2.24, 2.45) is 5.92 Å². The lowest BCUT2D eigenvalue weighted by Crippen LogP contribution is -2.48. The van der Waals surface area contributed by atoms with Crippen LogP contribution in [0.15, 0.2) is 12.1 Å². The van der Waals surface area contributed by atoms with Crippen LogP contribution in [0.1, 0.15) is 37.0 Å². The van der Waals surface area contributed by atoms with Crippen LogP contribution in [0.4, 0.5) is 0 Å². The standard InChI is InChI=1S/C19H26N2O5/c1-10(2)5-14(19(24)25)21-17(22)9-20-18(23)16-8-13-6-11(3)12(4)7-15(13)26-16/h6-7,10,14,16H,5,8-9H2,1-4H3,(H,20,23)(H,21,22)(H,24,25)/t14-,16?/m0/s1. The zero-order chi connectivity index (χ0) is 19.4. The van der Waals surface area contributed by atoms with Crippen LogP contribution in [0, 0.1) is 19.8 Å². The van der Waals surface area contributed by atoms with Crippen LogP contribution < -0.4 is 15.4 Å². The van der Waals surface area contributed by atoms with E-state index in [1.165, 1.54) is 0 Å². The van der Waals surface area contributed by atoms with E-state index in [0.717, 1.165) is 16.7 Å². The molecule has 2 rings (SSSR count). The number of nitrogens with one attached hydrogen (secondary N) is 2. The second kappa shape index (κ2) is 8.21. The van der Waals surface area contributed by atoms with E-state index in [4.69, 9.17) is 9.84 Å². The first-order chi connectivity index (χ1) is 12.2. The molecule has 1 aromatic rings. The molecule has 1 aliphatic heterocycles. The fourth-order valence-corrected chi connectivity index (χ4v) is 2.88. The number of carboxylic acid groups (broad SMARTS) is 1. The van der Waals surface area contributed by atoms with Crippen LogP contribution in [-0.4, -0.2) is 41.6 Å². The molecule has 1 unspecified atom stereocenters. The number of benzene rings is 1. The molecule has 3 N–H and O–H groups in total. The number of aliphatic carboxylic acids is 1. The Morgan fingerprint density at radius 2 is 1.88 bits per heavy atom. The molecule has 0 spiro atoms. The van der Waals surface area contributed by atoms with E-state index in [2.05, 4.69) is 10.6 Å². The highest BCUT2D eigenvalue weighted by Crippen LogP contribution is 2.31. The molecule has 0 fully saturated rings. The molecule has 0 saturated carbocycles. The van der Waals surface area contributed by atoms with Gasteiger partial charge in [0.05, 0.1) is 6.54 Å². The molecule has 1 aliphatic rings. The van der Waals surface area contributed by atoms with Crippen LogP contribution in [0.25, 0.3) is 0 Å². The van der Waals surface area contributed by atoms with Crippen LogP contribution >= 0.6 is 0 Å². The Labute approximate surface area is 153 Å². The number of fused-ring (bicyclic) bond motifs is 1. The quantitative estimate of drug-likeness (QED) is 0.679. The third-order valence-corrected chi connectivity index (χ3v) is 4.41. The van der Waals surface area contributed by atoms with Crippen molar-refractivity contribution in [3.63, 3.8) is 0 Å². The van der Waals surface area contributed by atoms with E-state index in [0.29, 0.717) is 18.6 Å². The fraction of sp³-hybridized carbons (Fsp3) is 0.526. The summed E-state index contributed by atoms with van der Waals surface area (Å²) in [6.45, 7) is 7.45. The minimum atomic E-state index is -1.08. The summed E-state index contributed by atoms with van der Waals surface area (Å²) in [4.78, 5) is 35.4. The molecular formula is C19H26N2O5. The second-order valence-electron chi connectivity index (χ2n) is 7.16. The molecule has 142 valence electrons. The topological polar surface area (TPSA) is 105 Å². The Bertz CT molecular complexity index is 683. The Kier molecular flexibility index (Phi) is 6.23. The van der Waals surface area contributed by atoms with E-state index in [-0.39, 0.29) is 18.4 Å². The maximum atomic E-state index is 12.3. The van der Waals surface area contributed by atoms with Gasteiger partial charge in [0.25, 0.3) is 5.91 Å². The molecule has 1 heterocycles. The van der Waals surface area contributed by atoms with Gasteiger partial charge >= 0.3 is 5.97 Å². The summed E-state index contributed by atoms with van der Waals surface area (Å²) in [7, 11) is 0. The van der Waals surface area contributed by atoms with Gasteiger partial charge in [0.2, 0.25) is 5.91 Å². The van der Waals surface area contributed by atoms with Gasteiger partial charge in [0, 0.05) is 6.42 Å². The van der Waals surface area contributed by atoms with Gasteiger partial charge in [0.15, 0.2) is 6.10 Å². The molecule has 2 amide bonds. The molecule has 1 aromatic carbocycles. The van der Waals surface area contributed by atoms with Crippen molar-refractivity contribution in [2.45, 2.75) is 52.7 Å². The highest BCUT2D eigenvalue weighted by molar-refractivity contribution is 5.89. The molecular weight excluding hydrogens is 336 g/mol. The summed E-state index contributed by atoms with van der Waals surface area (Å²) in [6, 6.07) is 2.96. The summed E-state index contributed by atoms with van der Waals surface area (Å²) in [5, 5.41) is 14.1. The number of ether oxygens (including phenoxy) is 1. The lowest BCUT2D eigenvalue weighted by atomic mass is 10.0. The van der Waals surface area contributed by atoms with Crippen LogP contribution in [0.3, 0.4) is 0 Å². The zero-order valence-corrected chi connectivity index (χ0v) is 15.6. The molecule has 0 aromatic heterocycles. The van der Waals surface area contributed by atoms with Crippen LogP contribution in [-0.2, 0) is 20.8 Å². The maximum Gasteiger partial charge on any atom is 0.326 e. The summed E-state index contributed by atoms with van der Waals surface area (Å²) in [5.41, 5.74) is 3.20. The predicted octanol–water partition coefficient (Wildman–Crippen LogP) is 1.34. The van der Waals surface area contributed by atoms with Gasteiger partial charge in [-0.2, -0.15) is 0 Å². The van der Waals surface area contributed by atoms with Gasteiger partial charge < -0.3 is 20.5 Å². The summed E-state index contributed by atoms with van der Waals surface area (Å²) in [6.07, 6.45) is 0.106. The molecule has 7 heteroatoms. The normalized spacial score (nSPS) is 16.6. The molecule has 0 saturated heterocycles. The summed E-state index contributed by atoms with van der Waals surface area (Å²) >= 11 is 0. The van der Waals surface area contributed by atoms with Gasteiger partial charge in [-0.1, -0.05) is 19.9 Å². The highest BCUT2D eigenvalue weighted by atomic mass is 16.5. The first-order valence-electron chi connectivity index (χ1n) is 8.74. The van der Waals surface area contributed by atoms with E-state index in [1.54, 1.807) is 0 Å². The SMILES string of the molecule is Cc1cc2c(cc1C)OC(C(=O)NCC(=O)N[C@@H](CC(C)C)C(=O)O)C2. The number of hydrogen-bond donors (Lipinski definition) is 3. The van der Waals surface area contributed by atoms with Gasteiger partial charge in [-0.15, -0.1) is 0 Å². The molecule has 7 nitrogen and oxygen atoms in total. The third-order valence-electron chi connectivity index (χ3n) is 4.41. The summed E-state index contributed by atoms with van der Waals surface area (Å²) in [5.74, 6) is -1.18. The van der Waals surface area contributed by atoms with Crippen molar-refractivity contribution >= 4 is 17.8 Å². The molecule has 0 radical (unpaired) electrons. The fourth-order valence-electron chi connectivity index (χ4n) is 2.88. The third kappa shape index (κ3) is 4.97. The van der Waals surface area contributed by atoms with Crippen LogP contribution in [0.2, 0.25) is 0 Å². The van der Waals surface area contributed by atoms with Crippen molar-refractivity contribution in [1.29, 1.82) is 0 Å². The number of aryl methyl sites for hydroxylation is 2. The van der Waals surface area contributed by atoms with Gasteiger partial charge in [-0.3, -0.25) is 9.59 Å². The molecule has 0 aliphatic carbocycles. The lowest BCUT2D eigenvalue weighted by Gasteiger charge is -2.17. The Hall–Kier alpha value is -2.57. The summed E-state index contributed by atoms with van der Waals surface area (Å²) < 4.78 is 5.67. The van der Waals surface area contributed by atoms with Gasteiger partial charge in [-0.05, 0) is 48.9 Å². The minimum Gasteiger partial charge on any atom is -0.480 e. The van der Waals surface area contributed by atoms with Crippen molar-refractivity contribution in [2.75, 3.05) is 6.54 Å². The van der Waals surface area contributed by atoms with Crippen LogP contribution in [0.5, 0.6) is 5.75 Å². The number of carbonyl (C=O) groups is 3. The van der Waals surface area contributed by atoms with E-state index in [1.807, 2.05) is 39.8 Å². The largest absolute Gasteiger partial charge is 0.480 e. The van der Waals surface area contributed by atoms with E-state index < -0.39 is 24.0 Å². The average molecular weight is 362 g/mol. The number of hydrogen-bond acceptors (Lipinski definition) is 4. The van der Waals surface area contributed by atoms with Crippen molar-refractivity contribution in [1.82, 2.24) is 10.6 Å². The predicted molar refractivity (Wildman–Crippen MR) is 96.1 cm³/mol. The number of carboxylic acids is 1. The number of carbonyl (C=O) groups excluding carboxylic acids is 2. The van der Waals surface area contributed by atoms with E-state index in [9.17, 15) is 14.4 Å².